The third kappa shape index (κ3) is 2.42. The lowest BCUT2D eigenvalue weighted by atomic mass is 9.89. The van der Waals surface area contributed by atoms with E-state index in [1.54, 1.807) is 0 Å². The first-order valence-electron chi connectivity index (χ1n) is 5.34. The summed E-state index contributed by atoms with van der Waals surface area (Å²) in [5.74, 6) is -2.30. The van der Waals surface area contributed by atoms with Crippen LogP contribution in [0.25, 0.3) is 0 Å². The van der Waals surface area contributed by atoms with Crippen LogP contribution in [0.2, 0.25) is 0 Å². The van der Waals surface area contributed by atoms with Crippen LogP contribution in [0.5, 0.6) is 0 Å². The van der Waals surface area contributed by atoms with Gasteiger partial charge in [-0.2, -0.15) is 0 Å². The van der Waals surface area contributed by atoms with E-state index in [0.29, 0.717) is 19.0 Å². The molecule has 0 aliphatic heterocycles. The van der Waals surface area contributed by atoms with Crippen LogP contribution in [0.4, 0.5) is 8.78 Å². The predicted molar refractivity (Wildman–Crippen MR) is 49.3 cm³/mol. The highest BCUT2D eigenvalue weighted by Gasteiger charge is 2.39. The molecule has 0 amide bonds. The number of rotatable bonds is 3. The van der Waals surface area contributed by atoms with Gasteiger partial charge in [-0.1, -0.05) is 0 Å². The molecule has 0 spiro atoms. The van der Waals surface area contributed by atoms with Crippen molar-refractivity contribution in [2.45, 2.75) is 50.2 Å². The molecule has 0 saturated heterocycles. The molecular weight excluding hydrogens is 188 g/mol. The van der Waals surface area contributed by atoms with Crippen LogP contribution in [-0.4, -0.2) is 29.7 Å². The van der Waals surface area contributed by atoms with E-state index in [1.807, 2.05) is 0 Å². The Morgan fingerprint density at radius 2 is 2.07 bits per heavy atom. The first kappa shape index (κ1) is 10.3. The molecule has 2 rings (SSSR count). The van der Waals surface area contributed by atoms with E-state index in [4.69, 9.17) is 5.11 Å². The Kier molecular flexibility index (Phi) is 2.75. The molecule has 2 fully saturated rings. The van der Waals surface area contributed by atoms with Crippen LogP contribution in [0.3, 0.4) is 0 Å². The highest BCUT2D eigenvalue weighted by Crippen LogP contribution is 2.38. The maximum Gasteiger partial charge on any atom is 0.248 e. The lowest BCUT2D eigenvalue weighted by molar-refractivity contribution is 0.00420. The van der Waals surface area contributed by atoms with Crippen molar-refractivity contribution in [1.82, 2.24) is 5.32 Å². The highest BCUT2D eigenvalue weighted by atomic mass is 19.3. The smallest absolute Gasteiger partial charge is 0.248 e. The first-order valence-corrected chi connectivity index (χ1v) is 5.34. The molecule has 2 N–H and O–H groups in total. The Balaban J connectivity index is 1.63. The third-order valence-corrected chi connectivity index (χ3v) is 3.31. The lowest BCUT2D eigenvalue weighted by Crippen LogP contribution is -2.45. The molecule has 0 bridgehead atoms. The maximum absolute atomic E-state index is 12.8. The zero-order valence-corrected chi connectivity index (χ0v) is 8.18. The lowest BCUT2D eigenvalue weighted by Gasteiger charge is -2.33. The summed E-state index contributed by atoms with van der Waals surface area (Å²) in [6.07, 6.45) is 2.11. The number of aliphatic hydroxyl groups excluding tert-OH is 1. The van der Waals surface area contributed by atoms with Gasteiger partial charge in [-0.15, -0.1) is 0 Å². The van der Waals surface area contributed by atoms with Crippen LogP contribution in [0.1, 0.15) is 32.1 Å². The van der Waals surface area contributed by atoms with Crippen LogP contribution >= 0.6 is 0 Å². The number of halogens is 2. The molecule has 0 radical (unpaired) electrons. The molecule has 2 saturated carbocycles. The largest absolute Gasteiger partial charge is 0.393 e. The van der Waals surface area contributed by atoms with Crippen molar-refractivity contribution < 1.29 is 13.9 Å². The van der Waals surface area contributed by atoms with E-state index < -0.39 is 5.92 Å². The monoisotopic (exact) mass is 205 g/mol. The number of nitrogens with one attached hydrogen (secondary N) is 1. The molecule has 82 valence electrons. The van der Waals surface area contributed by atoms with E-state index in [1.165, 1.54) is 0 Å². The van der Waals surface area contributed by atoms with Gasteiger partial charge in [0, 0.05) is 18.9 Å². The summed E-state index contributed by atoms with van der Waals surface area (Å²) in [7, 11) is 0. The van der Waals surface area contributed by atoms with Crippen molar-refractivity contribution in [3.05, 3.63) is 0 Å². The van der Waals surface area contributed by atoms with E-state index in [9.17, 15) is 8.78 Å². The highest BCUT2D eigenvalue weighted by molar-refractivity contribution is 4.87. The molecular formula is C10H17F2NO. The van der Waals surface area contributed by atoms with Gasteiger partial charge in [0.15, 0.2) is 0 Å². The topological polar surface area (TPSA) is 32.3 Å². The van der Waals surface area contributed by atoms with Crippen molar-refractivity contribution in [2.75, 3.05) is 6.54 Å². The van der Waals surface area contributed by atoms with Crippen molar-refractivity contribution >= 4 is 0 Å². The summed E-state index contributed by atoms with van der Waals surface area (Å²) in [5.41, 5.74) is 0. The van der Waals surface area contributed by atoms with Crippen LogP contribution in [-0.2, 0) is 0 Å². The third-order valence-electron chi connectivity index (χ3n) is 3.31. The Bertz CT molecular complexity index is 204. The van der Waals surface area contributed by atoms with Gasteiger partial charge < -0.3 is 10.4 Å². The van der Waals surface area contributed by atoms with Gasteiger partial charge in [0.1, 0.15) is 0 Å². The second-order valence-corrected chi connectivity index (χ2v) is 4.70. The summed E-state index contributed by atoms with van der Waals surface area (Å²) in [5, 5.41) is 12.3. The van der Waals surface area contributed by atoms with E-state index in [0.717, 1.165) is 12.8 Å². The standard InChI is InChI=1S/C10H17F2NO/c11-10(12)2-1-7(5-10)6-13-8-3-9(14)4-8/h7-9,13-14H,1-6H2. The van der Waals surface area contributed by atoms with Crippen molar-refractivity contribution in [3.63, 3.8) is 0 Å². The minimum Gasteiger partial charge on any atom is -0.393 e. The summed E-state index contributed by atoms with van der Waals surface area (Å²) >= 11 is 0. The van der Waals surface area contributed by atoms with E-state index in [2.05, 4.69) is 5.32 Å². The molecule has 2 aliphatic rings. The van der Waals surface area contributed by atoms with Gasteiger partial charge in [-0.3, -0.25) is 0 Å². The Morgan fingerprint density at radius 1 is 1.36 bits per heavy atom. The molecule has 2 nitrogen and oxygen atoms in total. The average molecular weight is 205 g/mol. The molecule has 4 heteroatoms. The summed E-state index contributed by atoms with van der Waals surface area (Å²) in [6, 6.07) is 0.360. The van der Waals surface area contributed by atoms with Crippen LogP contribution < -0.4 is 5.32 Å². The number of aliphatic hydroxyl groups is 1. The fourth-order valence-corrected chi connectivity index (χ4v) is 2.30. The average Bonchev–Trinajstić information content (AvgIpc) is 2.37. The molecule has 0 aromatic carbocycles. The zero-order valence-electron chi connectivity index (χ0n) is 8.18. The van der Waals surface area contributed by atoms with Crippen LogP contribution in [0.15, 0.2) is 0 Å². The quantitative estimate of drug-likeness (QED) is 0.732. The Labute approximate surface area is 82.7 Å². The van der Waals surface area contributed by atoms with E-state index in [-0.39, 0.29) is 24.9 Å². The van der Waals surface area contributed by atoms with Crippen molar-refractivity contribution in [3.8, 4) is 0 Å². The number of hydrogen-bond acceptors (Lipinski definition) is 2. The van der Waals surface area contributed by atoms with Gasteiger partial charge in [-0.05, 0) is 31.7 Å². The van der Waals surface area contributed by atoms with Crippen LogP contribution in [0, 0.1) is 5.92 Å². The maximum atomic E-state index is 12.8. The minimum absolute atomic E-state index is 0.0370. The predicted octanol–water partition coefficient (Wildman–Crippen LogP) is 1.53. The van der Waals surface area contributed by atoms with Crippen molar-refractivity contribution in [1.29, 1.82) is 0 Å². The molecule has 2 aliphatic carbocycles. The fourth-order valence-electron chi connectivity index (χ4n) is 2.30. The van der Waals surface area contributed by atoms with Gasteiger partial charge in [0.2, 0.25) is 5.92 Å². The van der Waals surface area contributed by atoms with Gasteiger partial charge >= 0.3 is 0 Å². The second kappa shape index (κ2) is 3.74. The number of hydrogen-bond donors (Lipinski definition) is 2. The van der Waals surface area contributed by atoms with Gasteiger partial charge in [0.25, 0.3) is 0 Å². The summed E-state index contributed by atoms with van der Waals surface area (Å²) < 4.78 is 25.6. The second-order valence-electron chi connectivity index (χ2n) is 4.70. The first-order chi connectivity index (χ1) is 6.55. The SMILES string of the molecule is OC1CC(NCC2CCC(F)(F)C2)C1. The van der Waals surface area contributed by atoms with Gasteiger partial charge in [0.05, 0.1) is 6.10 Å². The summed E-state index contributed by atoms with van der Waals surface area (Å²) in [4.78, 5) is 0. The minimum atomic E-state index is -2.43. The Morgan fingerprint density at radius 3 is 2.57 bits per heavy atom. The van der Waals surface area contributed by atoms with E-state index >= 15 is 0 Å². The zero-order chi connectivity index (χ0) is 10.2. The normalized spacial score (nSPS) is 40.9. The van der Waals surface area contributed by atoms with Gasteiger partial charge in [-0.25, -0.2) is 8.78 Å². The molecule has 1 atom stereocenters. The molecule has 14 heavy (non-hydrogen) atoms. The Hall–Kier alpha value is -0.220. The molecule has 1 unspecified atom stereocenters. The molecule has 0 heterocycles. The molecule has 0 aromatic rings. The number of alkyl halides is 2. The fraction of sp³-hybridized carbons (Fsp3) is 1.00. The van der Waals surface area contributed by atoms with Crippen molar-refractivity contribution in [2.24, 2.45) is 5.92 Å². The molecule has 0 aromatic heterocycles. The summed E-state index contributed by atoms with van der Waals surface area (Å²) in [6.45, 7) is 0.687.